The number of rotatable bonds is 10. The number of nitrogens with zero attached hydrogens (tertiary/aromatic N) is 1. The Labute approximate surface area is 143 Å². The van der Waals surface area contributed by atoms with E-state index in [1.165, 1.54) is 12.8 Å². The lowest BCUT2D eigenvalue weighted by molar-refractivity contribution is 0.871. The van der Waals surface area contributed by atoms with E-state index < -0.39 is 0 Å². The molecule has 0 spiro atoms. The first-order chi connectivity index (χ1) is 9.65. The zero-order valence-corrected chi connectivity index (χ0v) is 15.7. The molecule has 0 amide bonds. The summed E-state index contributed by atoms with van der Waals surface area (Å²) in [5.41, 5.74) is 2.32. The average molecular weight is 348 g/mol. The zero-order valence-electron chi connectivity index (χ0n) is 12.3. The van der Waals surface area contributed by atoms with Crippen LogP contribution in [0, 0.1) is 0 Å². The molecule has 2 atom stereocenters. The van der Waals surface area contributed by atoms with Crippen molar-refractivity contribution < 1.29 is 0 Å². The molecule has 0 fully saturated rings. The summed E-state index contributed by atoms with van der Waals surface area (Å²) in [4.78, 5) is 4.73. The van der Waals surface area contributed by atoms with Gasteiger partial charge in [0.1, 0.15) is 0 Å². The molecule has 20 heavy (non-hydrogen) atoms. The van der Waals surface area contributed by atoms with E-state index in [1.54, 1.807) is 0 Å². The second kappa shape index (κ2) is 11.2. The monoisotopic (exact) mass is 347 g/mol. The third-order valence-electron chi connectivity index (χ3n) is 2.78. The Kier molecular flexibility index (Phi) is 10.4. The van der Waals surface area contributed by atoms with Crippen LogP contribution in [-0.2, 0) is 11.5 Å². The standard InChI is InChI=1S/C15H25NS4/c1-3-6-14(17)19-10-12-8-5-9-13(16-12)11-20-15(18)7-4-2/h5,8-9,14-15,17-18H,3-4,6-7,10-11H2,1-2H3. The Bertz CT molecular complexity index is 341. The number of hydrogen-bond donors (Lipinski definition) is 2. The van der Waals surface area contributed by atoms with Crippen LogP contribution in [0.15, 0.2) is 18.2 Å². The van der Waals surface area contributed by atoms with Crippen LogP contribution < -0.4 is 0 Å². The highest BCUT2D eigenvalue weighted by Crippen LogP contribution is 2.25. The normalized spacial score (nSPS) is 14.2. The number of pyridine rings is 1. The third kappa shape index (κ3) is 8.11. The number of thiol groups is 2. The molecule has 0 aromatic carbocycles. The fraction of sp³-hybridized carbons (Fsp3) is 0.667. The molecule has 1 heterocycles. The lowest BCUT2D eigenvalue weighted by Crippen LogP contribution is -1.98. The van der Waals surface area contributed by atoms with Gasteiger partial charge in [-0.15, -0.1) is 23.5 Å². The third-order valence-corrected chi connectivity index (χ3v) is 6.36. The molecule has 0 radical (unpaired) electrons. The average Bonchev–Trinajstić information content (AvgIpc) is 2.44. The Hall–Kier alpha value is 0.550. The molecule has 5 heteroatoms. The lowest BCUT2D eigenvalue weighted by atomic mass is 10.3. The Balaban J connectivity index is 2.41. The quantitative estimate of drug-likeness (QED) is 0.419. The smallest absolute Gasteiger partial charge is 0.0506 e. The molecule has 1 rings (SSSR count). The van der Waals surface area contributed by atoms with Crippen LogP contribution in [0.3, 0.4) is 0 Å². The van der Waals surface area contributed by atoms with Gasteiger partial charge in [0.2, 0.25) is 0 Å². The van der Waals surface area contributed by atoms with Crippen LogP contribution in [0.1, 0.15) is 50.9 Å². The van der Waals surface area contributed by atoms with Gasteiger partial charge in [0.15, 0.2) is 0 Å². The number of thioether (sulfide) groups is 2. The molecule has 0 aliphatic carbocycles. The highest BCUT2D eigenvalue weighted by molar-refractivity contribution is 8.10. The van der Waals surface area contributed by atoms with Crippen molar-refractivity contribution in [3.63, 3.8) is 0 Å². The summed E-state index contributed by atoms with van der Waals surface area (Å²) in [7, 11) is 0. The van der Waals surface area contributed by atoms with Gasteiger partial charge in [-0.2, -0.15) is 25.3 Å². The van der Waals surface area contributed by atoms with E-state index in [9.17, 15) is 0 Å². The van der Waals surface area contributed by atoms with Crippen molar-refractivity contribution >= 4 is 48.8 Å². The molecule has 0 aliphatic heterocycles. The molecular weight excluding hydrogens is 322 g/mol. The Morgan fingerprint density at radius 2 is 1.40 bits per heavy atom. The van der Waals surface area contributed by atoms with Crippen molar-refractivity contribution in [2.24, 2.45) is 0 Å². The first-order valence-corrected chi connectivity index (χ1v) is 10.3. The first kappa shape index (κ1) is 18.6. The number of hydrogen-bond acceptors (Lipinski definition) is 5. The van der Waals surface area contributed by atoms with E-state index in [2.05, 4.69) is 57.3 Å². The van der Waals surface area contributed by atoms with Crippen molar-refractivity contribution in [2.75, 3.05) is 0 Å². The molecule has 0 bridgehead atoms. The molecular formula is C15H25NS4. The van der Waals surface area contributed by atoms with Crippen LogP contribution in [0.5, 0.6) is 0 Å². The van der Waals surface area contributed by atoms with Crippen molar-refractivity contribution in [1.82, 2.24) is 4.98 Å². The Morgan fingerprint density at radius 3 is 1.80 bits per heavy atom. The lowest BCUT2D eigenvalue weighted by Gasteiger charge is -2.11. The predicted molar refractivity (Wildman–Crippen MR) is 102 cm³/mol. The maximum absolute atomic E-state index is 4.73. The van der Waals surface area contributed by atoms with Crippen molar-refractivity contribution in [1.29, 1.82) is 0 Å². The molecule has 114 valence electrons. The summed E-state index contributed by atoms with van der Waals surface area (Å²) in [6.07, 6.45) is 4.68. The van der Waals surface area contributed by atoms with Crippen LogP contribution >= 0.6 is 48.8 Å². The summed E-state index contributed by atoms with van der Waals surface area (Å²) in [5.74, 6) is 1.90. The summed E-state index contributed by atoms with van der Waals surface area (Å²) in [6.45, 7) is 4.40. The highest BCUT2D eigenvalue weighted by atomic mass is 32.2. The van der Waals surface area contributed by atoms with Crippen LogP contribution in [0.4, 0.5) is 0 Å². The Morgan fingerprint density at radius 1 is 0.950 bits per heavy atom. The molecule has 0 saturated carbocycles. The van der Waals surface area contributed by atoms with Gasteiger partial charge in [0.05, 0.1) is 11.4 Å². The topological polar surface area (TPSA) is 12.9 Å². The largest absolute Gasteiger partial charge is 0.256 e. The van der Waals surface area contributed by atoms with E-state index in [0.29, 0.717) is 9.16 Å². The SMILES string of the molecule is CCCC(S)SCc1cccc(CSC(S)CCC)n1. The van der Waals surface area contributed by atoms with Gasteiger partial charge in [0, 0.05) is 20.7 Å². The molecule has 0 saturated heterocycles. The summed E-state index contributed by atoms with van der Waals surface area (Å²) < 4.78 is 0.845. The molecule has 0 aliphatic rings. The van der Waals surface area contributed by atoms with E-state index >= 15 is 0 Å². The van der Waals surface area contributed by atoms with Gasteiger partial charge < -0.3 is 0 Å². The summed E-state index contributed by atoms with van der Waals surface area (Å²) in [5, 5.41) is 0. The van der Waals surface area contributed by atoms with Crippen molar-refractivity contribution in [3.8, 4) is 0 Å². The van der Waals surface area contributed by atoms with Gasteiger partial charge in [0.25, 0.3) is 0 Å². The highest BCUT2D eigenvalue weighted by Gasteiger charge is 2.06. The minimum Gasteiger partial charge on any atom is -0.256 e. The van der Waals surface area contributed by atoms with Crippen molar-refractivity contribution in [3.05, 3.63) is 29.6 Å². The van der Waals surface area contributed by atoms with Crippen molar-refractivity contribution in [2.45, 2.75) is 60.2 Å². The fourth-order valence-electron chi connectivity index (χ4n) is 1.71. The van der Waals surface area contributed by atoms with Crippen LogP contribution in [0.25, 0.3) is 0 Å². The minimum atomic E-state index is 0.422. The van der Waals surface area contributed by atoms with E-state index in [-0.39, 0.29) is 0 Å². The summed E-state index contributed by atoms with van der Waals surface area (Å²) >= 11 is 12.9. The molecule has 1 aromatic heterocycles. The zero-order chi connectivity index (χ0) is 14.8. The molecule has 2 unspecified atom stereocenters. The summed E-state index contributed by atoms with van der Waals surface area (Å²) in [6, 6.07) is 6.33. The van der Waals surface area contributed by atoms with Gasteiger partial charge in [-0.05, 0) is 25.0 Å². The number of aromatic nitrogens is 1. The van der Waals surface area contributed by atoms with Gasteiger partial charge in [-0.25, -0.2) is 0 Å². The predicted octanol–water partition coefficient (Wildman–Crippen LogP) is 5.66. The van der Waals surface area contributed by atoms with Gasteiger partial charge in [-0.1, -0.05) is 32.8 Å². The van der Waals surface area contributed by atoms with E-state index in [0.717, 1.165) is 35.7 Å². The molecule has 1 aromatic rings. The fourth-order valence-corrected chi connectivity index (χ4v) is 4.53. The van der Waals surface area contributed by atoms with Crippen LogP contribution in [-0.4, -0.2) is 14.1 Å². The maximum Gasteiger partial charge on any atom is 0.0506 e. The molecule has 1 nitrogen and oxygen atoms in total. The first-order valence-electron chi connectivity index (χ1n) is 7.19. The second-order valence-electron chi connectivity index (χ2n) is 4.73. The van der Waals surface area contributed by atoms with E-state index in [4.69, 9.17) is 4.98 Å². The van der Waals surface area contributed by atoms with Crippen LogP contribution in [0.2, 0.25) is 0 Å². The molecule has 0 N–H and O–H groups in total. The maximum atomic E-state index is 4.73. The minimum absolute atomic E-state index is 0.422. The second-order valence-corrected chi connectivity index (χ2v) is 9.06. The van der Waals surface area contributed by atoms with E-state index in [1.807, 2.05) is 23.5 Å². The van der Waals surface area contributed by atoms with Gasteiger partial charge >= 0.3 is 0 Å². The van der Waals surface area contributed by atoms with Gasteiger partial charge in [-0.3, -0.25) is 4.98 Å².